The largest absolute Gasteiger partial charge is 0.351 e. The predicted molar refractivity (Wildman–Crippen MR) is 169 cm³/mol. The lowest BCUT2D eigenvalue weighted by Gasteiger charge is -2.30. The van der Waals surface area contributed by atoms with Crippen LogP contribution < -0.4 is 21.3 Å². The Morgan fingerprint density at radius 2 is 1.68 bits per heavy atom. The van der Waals surface area contributed by atoms with Crippen LogP contribution in [-0.4, -0.2) is 71.2 Å². The number of hydrogen-bond donors (Lipinski definition) is 4. The van der Waals surface area contributed by atoms with Gasteiger partial charge in [0, 0.05) is 30.4 Å². The Balaban J connectivity index is 1.44. The highest BCUT2D eigenvalue weighted by molar-refractivity contribution is 7.10. The number of thiazole rings is 2. The molecule has 0 spiro atoms. The molecule has 1 fully saturated rings. The Kier molecular flexibility index (Phi) is 10.7. The molecule has 44 heavy (non-hydrogen) atoms. The number of rotatable bonds is 4. The molecule has 0 radical (unpaired) electrons. The minimum atomic E-state index is -0.492. The van der Waals surface area contributed by atoms with Gasteiger partial charge in [-0.3, -0.25) is 19.2 Å². The summed E-state index contributed by atoms with van der Waals surface area (Å²) in [4.78, 5) is 64.2. The summed E-state index contributed by atoms with van der Waals surface area (Å²) in [7, 11) is 0. The first-order valence-corrected chi connectivity index (χ1v) is 16.9. The molecule has 2 aromatic heterocycles. The molecule has 13 heteroatoms. The van der Waals surface area contributed by atoms with Gasteiger partial charge in [-0.25, -0.2) is 9.97 Å². The van der Waals surface area contributed by atoms with Crippen LogP contribution in [0.1, 0.15) is 81.7 Å². The van der Waals surface area contributed by atoms with Crippen molar-refractivity contribution in [2.24, 2.45) is 11.8 Å². The third-order valence-corrected chi connectivity index (χ3v) is 9.71. The van der Waals surface area contributed by atoms with Gasteiger partial charge in [0.2, 0.25) is 11.8 Å². The van der Waals surface area contributed by atoms with Crippen LogP contribution in [0.2, 0.25) is 0 Å². The number of aromatic nitrogens is 2. The molecule has 0 aliphatic carbocycles. The molecule has 11 nitrogen and oxygen atoms in total. The van der Waals surface area contributed by atoms with Gasteiger partial charge >= 0.3 is 0 Å². The van der Waals surface area contributed by atoms with Gasteiger partial charge in [0.15, 0.2) is 0 Å². The van der Waals surface area contributed by atoms with E-state index < -0.39 is 12.1 Å². The van der Waals surface area contributed by atoms with Gasteiger partial charge in [0.25, 0.3) is 11.8 Å². The van der Waals surface area contributed by atoms with E-state index in [0.717, 1.165) is 24.9 Å². The molecule has 4 N–H and O–H groups in total. The molecule has 3 atom stereocenters. The van der Waals surface area contributed by atoms with E-state index in [1.54, 1.807) is 15.7 Å². The molecule has 2 aliphatic rings. The smallest absolute Gasteiger partial charge is 0.271 e. The zero-order valence-electron chi connectivity index (χ0n) is 25.0. The summed E-state index contributed by atoms with van der Waals surface area (Å²) in [5, 5.41) is 16.9. The van der Waals surface area contributed by atoms with Crippen LogP contribution in [-0.2, 0) is 16.0 Å². The Labute approximate surface area is 265 Å². The Morgan fingerprint density at radius 3 is 2.41 bits per heavy atom. The van der Waals surface area contributed by atoms with Gasteiger partial charge in [-0.05, 0) is 43.7 Å². The number of nitrogens with zero attached hydrogens (tertiary/aromatic N) is 3. The summed E-state index contributed by atoms with van der Waals surface area (Å²) in [6.45, 7) is 5.95. The van der Waals surface area contributed by atoms with Crippen LogP contribution in [0.5, 0.6) is 0 Å². The molecule has 234 valence electrons. The molecule has 3 aromatic rings. The highest BCUT2D eigenvalue weighted by Gasteiger charge is 2.30. The molecular weight excluding hydrogens is 599 g/mol. The van der Waals surface area contributed by atoms with E-state index >= 15 is 0 Å². The Bertz CT molecular complexity index is 1450. The summed E-state index contributed by atoms with van der Waals surface area (Å²) in [5.74, 6) is -1.23. The zero-order chi connectivity index (χ0) is 31.1. The maximum atomic E-state index is 13.6. The molecule has 4 bridgehead atoms. The van der Waals surface area contributed by atoms with Crippen molar-refractivity contribution in [1.82, 2.24) is 36.1 Å². The number of piperidine rings is 1. The second kappa shape index (κ2) is 14.9. The second-order valence-corrected chi connectivity index (χ2v) is 13.3. The monoisotopic (exact) mass is 637 g/mol. The lowest BCUT2D eigenvalue weighted by molar-refractivity contribution is -0.140. The van der Waals surface area contributed by atoms with E-state index in [-0.39, 0.29) is 53.4 Å². The number of amides is 4. The minimum absolute atomic E-state index is 0.0150. The Morgan fingerprint density at radius 1 is 0.955 bits per heavy atom. The molecule has 1 saturated heterocycles. The van der Waals surface area contributed by atoms with Gasteiger partial charge in [0.1, 0.15) is 21.4 Å². The summed E-state index contributed by atoms with van der Waals surface area (Å²) in [6, 6.07) is 8.88. The SMILES string of the molecule is CC(C)[C@@H]1NC(=O)c2csc(n2)C(Cc2ccccc2)NC(=O)CN(C(=O)[C@@H]2CCCNC2)CCCNC(=O)c2csc1n2. The average molecular weight is 638 g/mol. The van der Waals surface area contributed by atoms with Crippen molar-refractivity contribution in [3.8, 4) is 0 Å². The van der Waals surface area contributed by atoms with Crippen LogP contribution >= 0.6 is 22.7 Å². The summed E-state index contributed by atoms with van der Waals surface area (Å²) in [5.41, 5.74) is 1.54. The highest BCUT2D eigenvalue weighted by Crippen LogP contribution is 2.27. The van der Waals surface area contributed by atoms with Gasteiger partial charge in [-0.2, -0.15) is 0 Å². The highest BCUT2D eigenvalue weighted by atomic mass is 32.1. The van der Waals surface area contributed by atoms with Crippen molar-refractivity contribution >= 4 is 46.3 Å². The molecule has 2 aliphatic heterocycles. The lowest BCUT2D eigenvalue weighted by atomic mass is 9.98. The number of fused-ring (bicyclic) bond motifs is 4. The van der Waals surface area contributed by atoms with Crippen LogP contribution in [0, 0.1) is 11.8 Å². The topological polar surface area (TPSA) is 145 Å². The van der Waals surface area contributed by atoms with E-state index in [0.29, 0.717) is 42.5 Å². The third kappa shape index (κ3) is 8.07. The molecule has 0 saturated carbocycles. The average Bonchev–Trinajstić information content (AvgIpc) is 3.72. The van der Waals surface area contributed by atoms with Crippen LogP contribution in [0.15, 0.2) is 41.1 Å². The van der Waals surface area contributed by atoms with Gasteiger partial charge in [-0.1, -0.05) is 44.2 Å². The van der Waals surface area contributed by atoms with Crippen LogP contribution in [0.4, 0.5) is 0 Å². The molecule has 4 amide bonds. The standard InChI is InChI=1S/C31H39N7O4S2/c1-19(2)26-30-36-23(17-44-30)27(40)33-12-7-13-38(31(42)21-10-6-11-32-15-21)16-25(39)34-22(14-20-8-4-3-5-9-20)29-35-24(18-43-29)28(41)37-26/h3-5,8-9,17-19,21-22,26,32H,6-7,10-16H2,1-2H3,(H,33,40)(H,34,39)(H,37,41)/t21-,22?,26+/m1/s1. The minimum Gasteiger partial charge on any atom is -0.351 e. The Hall–Kier alpha value is -3.68. The number of carbonyl (C=O) groups is 4. The molecule has 1 unspecified atom stereocenters. The maximum Gasteiger partial charge on any atom is 0.271 e. The van der Waals surface area contributed by atoms with E-state index in [1.165, 1.54) is 22.7 Å². The number of benzene rings is 1. The summed E-state index contributed by atoms with van der Waals surface area (Å²) < 4.78 is 0. The number of carbonyl (C=O) groups excluding carboxylic acids is 4. The van der Waals surface area contributed by atoms with Gasteiger partial charge in [0.05, 0.1) is 24.5 Å². The molecule has 4 heterocycles. The van der Waals surface area contributed by atoms with Crippen molar-refractivity contribution in [2.45, 2.75) is 51.6 Å². The van der Waals surface area contributed by atoms with E-state index in [4.69, 9.17) is 0 Å². The first kappa shape index (κ1) is 31.7. The van der Waals surface area contributed by atoms with Gasteiger partial charge < -0.3 is 26.2 Å². The third-order valence-electron chi connectivity index (χ3n) is 7.83. The lowest BCUT2D eigenvalue weighted by Crippen LogP contribution is -2.48. The predicted octanol–water partition coefficient (Wildman–Crippen LogP) is 3.09. The van der Waals surface area contributed by atoms with Gasteiger partial charge in [-0.15, -0.1) is 22.7 Å². The fourth-order valence-corrected chi connectivity index (χ4v) is 7.30. The van der Waals surface area contributed by atoms with E-state index in [2.05, 4.69) is 31.2 Å². The summed E-state index contributed by atoms with van der Waals surface area (Å²) >= 11 is 2.64. The van der Waals surface area contributed by atoms with Crippen molar-refractivity contribution in [2.75, 3.05) is 32.7 Å². The van der Waals surface area contributed by atoms with E-state index in [1.807, 2.05) is 44.2 Å². The zero-order valence-corrected chi connectivity index (χ0v) is 26.6. The van der Waals surface area contributed by atoms with Crippen LogP contribution in [0.25, 0.3) is 0 Å². The number of hydrogen-bond acceptors (Lipinski definition) is 9. The first-order chi connectivity index (χ1) is 21.3. The van der Waals surface area contributed by atoms with Crippen molar-refractivity contribution in [1.29, 1.82) is 0 Å². The van der Waals surface area contributed by atoms with E-state index in [9.17, 15) is 19.2 Å². The molecular formula is C31H39N7O4S2. The fraction of sp³-hybridized carbons (Fsp3) is 0.484. The number of nitrogens with one attached hydrogen (secondary N) is 4. The van der Waals surface area contributed by atoms with Crippen molar-refractivity contribution < 1.29 is 19.2 Å². The van der Waals surface area contributed by atoms with Crippen molar-refractivity contribution in [3.63, 3.8) is 0 Å². The molecule has 1 aromatic carbocycles. The summed E-state index contributed by atoms with van der Waals surface area (Å²) in [6.07, 6.45) is 2.63. The maximum absolute atomic E-state index is 13.6. The van der Waals surface area contributed by atoms with Crippen LogP contribution in [0.3, 0.4) is 0 Å². The van der Waals surface area contributed by atoms with Crippen molar-refractivity contribution in [3.05, 3.63) is 68.1 Å². The molecule has 5 rings (SSSR count). The fourth-order valence-electron chi connectivity index (χ4n) is 5.43. The second-order valence-electron chi connectivity index (χ2n) is 11.6. The first-order valence-electron chi connectivity index (χ1n) is 15.1. The normalized spacial score (nSPS) is 22.3. The quantitative estimate of drug-likeness (QED) is 0.344.